The number of aromatic amines is 1. The lowest BCUT2D eigenvalue weighted by Gasteiger charge is -2.47. The summed E-state index contributed by atoms with van der Waals surface area (Å²) in [5.41, 5.74) is 5.32. The molecule has 2 aliphatic heterocycles. The van der Waals surface area contributed by atoms with E-state index < -0.39 is 0 Å². The summed E-state index contributed by atoms with van der Waals surface area (Å²) in [7, 11) is 1.63. The normalized spacial score (nSPS) is 20.2. The Labute approximate surface area is 192 Å². The van der Waals surface area contributed by atoms with Crippen LogP contribution in [0.15, 0.2) is 65.8 Å². The van der Waals surface area contributed by atoms with Crippen molar-refractivity contribution in [3.05, 3.63) is 66.4 Å². The van der Waals surface area contributed by atoms with Gasteiger partial charge in [0.1, 0.15) is 11.7 Å². The van der Waals surface area contributed by atoms with Gasteiger partial charge in [0.25, 0.3) is 0 Å². The zero-order valence-electron chi connectivity index (χ0n) is 18.7. The van der Waals surface area contributed by atoms with E-state index in [4.69, 9.17) is 9.73 Å². The molecular weight excluding hydrogens is 414 g/mol. The van der Waals surface area contributed by atoms with E-state index in [-0.39, 0.29) is 0 Å². The van der Waals surface area contributed by atoms with Crippen molar-refractivity contribution in [2.75, 3.05) is 18.7 Å². The van der Waals surface area contributed by atoms with E-state index in [0.29, 0.717) is 18.3 Å². The number of nitrogens with one attached hydrogen (secondary N) is 2. The Morgan fingerprint density at radius 1 is 1.18 bits per heavy atom. The van der Waals surface area contributed by atoms with Crippen LogP contribution in [0.1, 0.15) is 37.7 Å². The van der Waals surface area contributed by atoms with Gasteiger partial charge in [0.05, 0.1) is 30.6 Å². The fraction of sp³-hybridized carbons (Fsp3) is 0.320. The van der Waals surface area contributed by atoms with Gasteiger partial charge in [-0.25, -0.2) is 4.98 Å². The molecule has 168 valence electrons. The fourth-order valence-electron chi connectivity index (χ4n) is 4.69. The highest BCUT2D eigenvalue weighted by molar-refractivity contribution is 5.89. The van der Waals surface area contributed by atoms with E-state index in [1.54, 1.807) is 7.11 Å². The predicted octanol–water partition coefficient (Wildman–Crippen LogP) is 4.22. The molecule has 0 spiro atoms. The first-order chi connectivity index (χ1) is 16.2. The summed E-state index contributed by atoms with van der Waals surface area (Å²) < 4.78 is 5.26. The number of rotatable bonds is 4. The van der Waals surface area contributed by atoms with Crippen LogP contribution in [0, 0.1) is 0 Å². The third kappa shape index (κ3) is 3.51. The van der Waals surface area contributed by atoms with Crippen molar-refractivity contribution in [3.8, 4) is 5.88 Å². The SMILES string of the molecule is C=C1CC(c2ccc(OC)nc2)=C2NC(=NC3CCC3)CCN2N1c1ccc2[nH]ncc2c1. The zero-order valence-corrected chi connectivity index (χ0v) is 18.7. The number of aliphatic imine (C=N–C) groups is 1. The molecule has 3 aliphatic rings. The molecule has 1 saturated carbocycles. The molecule has 4 heterocycles. The quantitative estimate of drug-likeness (QED) is 0.631. The van der Waals surface area contributed by atoms with Crippen LogP contribution in [0.4, 0.5) is 5.69 Å². The number of amidine groups is 1. The number of nitrogens with zero attached hydrogens (tertiary/aromatic N) is 5. The second-order valence-electron chi connectivity index (χ2n) is 8.77. The van der Waals surface area contributed by atoms with Crippen LogP contribution in [0.3, 0.4) is 0 Å². The molecule has 0 unspecified atom stereocenters. The average molecular weight is 442 g/mol. The second-order valence-corrected chi connectivity index (χ2v) is 8.77. The van der Waals surface area contributed by atoms with Crippen molar-refractivity contribution in [1.29, 1.82) is 0 Å². The van der Waals surface area contributed by atoms with E-state index in [9.17, 15) is 0 Å². The van der Waals surface area contributed by atoms with Gasteiger partial charge in [-0.15, -0.1) is 0 Å². The molecule has 2 N–H and O–H groups in total. The van der Waals surface area contributed by atoms with Gasteiger partial charge in [0, 0.05) is 53.9 Å². The number of allylic oxidation sites excluding steroid dienone is 1. The van der Waals surface area contributed by atoms with Crippen molar-refractivity contribution in [2.45, 2.75) is 38.1 Å². The molecule has 0 radical (unpaired) electrons. The van der Waals surface area contributed by atoms with Crippen molar-refractivity contribution in [2.24, 2.45) is 4.99 Å². The Kier molecular flexibility index (Phi) is 4.78. The Balaban J connectivity index is 1.42. The third-order valence-electron chi connectivity index (χ3n) is 6.66. The smallest absolute Gasteiger partial charge is 0.212 e. The van der Waals surface area contributed by atoms with Gasteiger partial charge >= 0.3 is 0 Å². The number of benzene rings is 1. The number of hydrogen-bond donors (Lipinski definition) is 2. The lowest BCUT2D eigenvalue weighted by atomic mass is 9.94. The fourth-order valence-corrected chi connectivity index (χ4v) is 4.69. The van der Waals surface area contributed by atoms with Crippen LogP contribution in [0.25, 0.3) is 16.5 Å². The van der Waals surface area contributed by atoms with Crippen LogP contribution in [-0.4, -0.2) is 45.7 Å². The molecule has 3 aromatic rings. The van der Waals surface area contributed by atoms with Crippen molar-refractivity contribution in [1.82, 2.24) is 25.5 Å². The average Bonchev–Trinajstić information content (AvgIpc) is 3.29. The zero-order chi connectivity index (χ0) is 22.4. The highest BCUT2D eigenvalue weighted by Crippen LogP contribution is 2.39. The van der Waals surface area contributed by atoms with Gasteiger partial charge in [-0.2, -0.15) is 5.10 Å². The van der Waals surface area contributed by atoms with E-state index in [1.807, 2.05) is 18.5 Å². The summed E-state index contributed by atoms with van der Waals surface area (Å²) in [5, 5.41) is 16.5. The van der Waals surface area contributed by atoms with E-state index in [1.165, 1.54) is 19.3 Å². The first-order valence-electron chi connectivity index (χ1n) is 11.5. The summed E-state index contributed by atoms with van der Waals surface area (Å²) in [5.74, 6) is 2.73. The number of methoxy groups -OCH3 is 1. The van der Waals surface area contributed by atoms with Crippen LogP contribution >= 0.6 is 0 Å². The van der Waals surface area contributed by atoms with Gasteiger partial charge < -0.3 is 10.1 Å². The van der Waals surface area contributed by atoms with Gasteiger partial charge in [-0.1, -0.05) is 6.58 Å². The first kappa shape index (κ1) is 19.8. The molecule has 1 aliphatic carbocycles. The third-order valence-corrected chi connectivity index (χ3v) is 6.66. The summed E-state index contributed by atoms with van der Waals surface area (Å²) >= 11 is 0. The number of fused-ring (bicyclic) bond motifs is 2. The standard InChI is InChI=1S/C25H27N7O/c1-16-12-21(17-6-9-24(33-2)26-14-17)25-29-23(28-19-4-3-5-19)10-11-31(25)32(16)20-7-8-22-18(13-20)15-27-30-22/h6-9,13-15,19H,1,3-5,10-12H2,2H3,(H,27,30)(H,28,29). The summed E-state index contributed by atoms with van der Waals surface area (Å²) in [6.45, 7) is 5.28. The van der Waals surface area contributed by atoms with E-state index in [0.717, 1.165) is 58.0 Å². The summed E-state index contributed by atoms with van der Waals surface area (Å²) in [6.07, 6.45) is 8.96. The summed E-state index contributed by atoms with van der Waals surface area (Å²) in [6, 6.07) is 10.8. The molecule has 8 heteroatoms. The maximum Gasteiger partial charge on any atom is 0.212 e. The number of aromatic nitrogens is 3. The minimum atomic E-state index is 0.462. The second kappa shape index (κ2) is 7.95. The van der Waals surface area contributed by atoms with Crippen molar-refractivity contribution >= 4 is 28.0 Å². The number of hydrogen-bond acceptors (Lipinski definition) is 6. The molecule has 0 amide bonds. The Morgan fingerprint density at radius 3 is 2.85 bits per heavy atom. The van der Waals surface area contributed by atoms with Crippen LogP contribution in [-0.2, 0) is 0 Å². The van der Waals surface area contributed by atoms with Crippen LogP contribution < -0.4 is 15.1 Å². The van der Waals surface area contributed by atoms with Gasteiger partial charge in [0.2, 0.25) is 5.88 Å². The number of anilines is 1. The maximum absolute atomic E-state index is 5.26. The number of ether oxygens (including phenoxy) is 1. The lowest BCUT2D eigenvalue weighted by Crippen LogP contribution is -2.54. The monoisotopic (exact) mass is 441 g/mol. The molecule has 0 bridgehead atoms. The summed E-state index contributed by atoms with van der Waals surface area (Å²) in [4.78, 5) is 9.44. The number of pyridine rings is 1. The van der Waals surface area contributed by atoms with Crippen molar-refractivity contribution in [3.63, 3.8) is 0 Å². The first-order valence-corrected chi connectivity index (χ1v) is 11.5. The molecule has 2 aromatic heterocycles. The predicted molar refractivity (Wildman–Crippen MR) is 130 cm³/mol. The molecule has 6 rings (SSSR count). The molecule has 33 heavy (non-hydrogen) atoms. The van der Waals surface area contributed by atoms with Crippen LogP contribution in [0.2, 0.25) is 0 Å². The Morgan fingerprint density at radius 2 is 2.09 bits per heavy atom. The van der Waals surface area contributed by atoms with Crippen molar-refractivity contribution < 1.29 is 4.74 Å². The lowest BCUT2D eigenvalue weighted by molar-refractivity contribution is 0.305. The maximum atomic E-state index is 5.26. The van der Waals surface area contributed by atoms with Gasteiger partial charge in [-0.3, -0.25) is 20.1 Å². The Hall–Kier alpha value is -3.81. The highest BCUT2D eigenvalue weighted by atomic mass is 16.5. The highest BCUT2D eigenvalue weighted by Gasteiger charge is 2.34. The minimum absolute atomic E-state index is 0.462. The topological polar surface area (TPSA) is 81.7 Å². The number of H-pyrrole nitrogens is 1. The van der Waals surface area contributed by atoms with Crippen LogP contribution in [0.5, 0.6) is 5.88 Å². The molecule has 0 atom stereocenters. The molecule has 1 aromatic carbocycles. The Bertz CT molecular complexity index is 1270. The number of hydrazine groups is 1. The van der Waals surface area contributed by atoms with E-state index >= 15 is 0 Å². The molecule has 1 saturated heterocycles. The van der Waals surface area contributed by atoms with Gasteiger partial charge in [0.15, 0.2) is 0 Å². The molecule has 2 fully saturated rings. The van der Waals surface area contributed by atoms with Gasteiger partial charge in [-0.05, 0) is 43.5 Å². The largest absolute Gasteiger partial charge is 0.481 e. The van der Waals surface area contributed by atoms with E-state index in [2.05, 4.69) is 61.4 Å². The molecular formula is C25H27N7O. The molecule has 8 nitrogen and oxygen atoms in total. The minimum Gasteiger partial charge on any atom is -0.481 e.